The predicted octanol–water partition coefficient (Wildman–Crippen LogP) is 3.55. The van der Waals surface area contributed by atoms with E-state index in [0.717, 1.165) is 82.2 Å². The van der Waals surface area contributed by atoms with Crippen molar-refractivity contribution in [2.75, 3.05) is 55.6 Å². The minimum atomic E-state index is -1.41. The number of amides is 4. The number of benzene rings is 2. The Morgan fingerprint density at radius 3 is 2.36 bits per heavy atom. The predicted molar refractivity (Wildman–Crippen MR) is 210 cm³/mol. The first-order valence-electron chi connectivity index (χ1n) is 19.9. The fourth-order valence-electron chi connectivity index (χ4n) is 8.78. The second kappa shape index (κ2) is 16.8. The zero-order valence-electron chi connectivity index (χ0n) is 31.9. The van der Waals surface area contributed by atoms with Crippen molar-refractivity contribution >= 4 is 46.9 Å². The van der Waals surface area contributed by atoms with Crippen LogP contribution in [0.1, 0.15) is 89.4 Å². The molecule has 8 rings (SSSR count). The topological polar surface area (TPSA) is 184 Å². The van der Waals surface area contributed by atoms with Crippen LogP contribution in [0.25, 0.3) is 0 Å². The number of aliphatic hydroxyl groups excluding tert-OH is 1. The van der Waals surface area contributed by atoms with Crippen LogP contribution in [-0.2, 0) is 9.59 Å². The van der Waals surface area contributed by atoms with E-state index in [0.29, 0.717) is 52.5 Å². The fraction of sp³-hybridized carbons (Fsp3) is 0.488. The Labute approximate surface area is 340 Å². The molecular formula is C41H45ClFN9O6. The van der Waals surface area contributed by atoms with Crippen LogP contribution in [0.3, 0.4) is 0 Å². The molecule has 4 amide bonds. The lowest BCUT2D eigenvalue weighted by atomic mass is 9.92. The van der Waals surface area contributed by atoms with Gasteiger partial charge in [-0.3, -0.25) is 34.3 Å². The zero-order valence-corrected chi connectivity index (χ0v) is 32.7. The van der Waals surface area contributed by atoms with E-state index in [1.807, 2.05) is 11.0 Å². The number of aliphatic hydroxyl groups is 1. The number of aromatic nitrogens is 2. The molecule has 5 heterocycles. The van der Waals surface area contributed by atoms with Gasteiger partial charge in [0.15, 0.2) is 6.23 Å². The number of nitrogens with zero attached hydrogens (tertiary/aromatic N) is 7. The Morgan fingerprint density at radius 2 is 1.69 bits per heavy atom. The molecule has 0 spiro atoms. The van der Waals surface area contributed by atoms with Gasteiger partial charge in [-0.2, -0.15) is 5.26 Å². The van der Waals surface area contributed by atoms with Crippen molar-refractivity contribution in [2.24, 2.45) is 5.92 Å². The number of rotatable bonds is 9. The zero-order chi connectivity index (χ0) is 40.5. The summed E-state index contributed by atoms with van der Waals surface area (Å²) >= 11 is 6.14. The van der Waals surface area contributed by atoms with Gasteiger partial charge >= 0.3 is 0 Å². The van der Waals surface area contributed by atoms with Crippen LogP contribution in [0.15, 0.2) is 42.7 Å². The molecule has 3 N–H and O–H groups in total. The molecule has 3 saturated heterocycles. The van der Waals surface area contributed by atoms with Gasteiger partial charge in [0.1, 0.15) is 23.7 Å². The number of anilines is 2. The van der Waals surface area contributed by atoms with Gasteiger partial charge in [-0.25, -0.2) is 14.4 Å². The van der Waals surface area contributed by atoms with Crippen LogP contribution < -0.4 is 25.2 Å². The van der Waals surface area contributed by atoms with Gasteiger partial charge in [0.05, 0.1) is 33.5 Å². The van der Waals surface area contributed by atoms with Gasteiger partial charge in [-0.05, 0) is 75.1 Å². The third-order valence-electron chi connectivity index (χ3n) is 12.1. The lowest BCUT2D eigenvalue weighted by molar-refractivity contribution is -0.139. The third-order valence-corrected chi connectivity index (χ3v) is 12.4. The number of carbonyl (C=O) groups excluding carboxylic acids is 4. The number of hydrogen-bond acceptors (Lipinski definition) is 12. The number of piperazine rings is 1. The van der Waals surface area contributed by atoms with Crippen molar-refractivity contribution in [3.05, 3.63) is 75.8 Å². The summed E-state index contributed by atoms with van der Waals surface area (Å²) in [5, 5.41) is 25.9. The quantitative estimate of drug-likeness (QED) is 0.268. The summed E-state index contributed by atoms with van der Waals surface area (Å²) in [6, 6.07) is 8.80. The minimum Gasteiger partial charge on any atom is -0.490 e. The lowest BCUT2D eigenvalue weighted by Crippen LogP contribution is -2.53. The summed E-state index contributed by atoms with van der Waals surface area (Å²) in [6.07, 6.45) is 6.97. The highest BCUT2D eigenvalue weighted by atomic mass is 35.5. The Balaban J connectivity index is 0.763. The molecule has 17 heteroatoms. The van der Waals surface area contributed by atoms with E-state index in [4.69, 9.17) is 21.6 Å². The van der Waals surface area contributed by atoms with Crippen LogP contribution in [0.5, 0.6) is 5.75 Å². The molecule has 1 aliphatic carbocycles. The number of imide groups is 1. The fourth-order valence-corrected chi connectivity index (χ4v) is 8.99. The van der Waals surface area contributed by atoms with Gasteiger partial charge in [0.25, 0.3) is 11.8 Å². The number of nitrogens with one attached hydrogen (secondary N) is 2. The van der Waals surface area contributed by atoms with E-state index >= 15 is 4.39 Å². The number of halogens is 2. The number of hydrogen-bond donors (Lipinski definition) is 3. The van der Waals surface area contributed by atoms with Crippen molar-refractivity contribution in [3.63, 3.8) is 0 Å². The SMILES string of the molecule is N#Cc1ccc(OC2CCC(NC(=O)c3cnc(N4CCC(CN5CCN(c6cc7c(cc6F)C(=O)N(C6CCC(=O)NC6=O)C7O)CC5)CC4)nc3)CC2)cc1Cl. The van der Waals surface area contributed by atoms with E-state index in [9.17, 15) is 24.3 Å². The molecule has 304 valence electrons. The molecule has 5 aliphatic rings. The first kappa shape index (κ1) is 39.5. The summed E-state index contributed by atoms with van der Waals surface area (Å²) < 4.78 is 21.5. The average Bonchev–Trinajstić information content (AvgIpc) is 3.46. The number of fused-ring (bicyclic) bond motifs is 1. The van der Waals surface area contributed by atoms with E-state index in [2.05, 4.69) is 30.4 Å². The summed E-state index contributed by atoms with van der Waals surface area (Å²) in [5.41, 5.74) is 1.43. The molecule has 0 radical (unpaired) electrons. The molecule has 4 aliphatic heterocycles. The Morgan fingerprint density at radius 1 is 0.966 bits per heavy atom. The molecule has 1 aromatic heterocycles. The highest BCUT2D eigenvalue weighted by molar-refractivity contribution is 6.31. The molecule has 2 atom stereocenters. The molecule has 0 bridgehead atoms. The second-order valence-corrected chi connectivity index (χ2v) is 16.2. The molecule has 3 aromatic rings. The Bertz CT molecular complexity index is 2110. The molecule has 1 saturated carbocycles. The van der Waals surface area contributed by atoms with E-state index < -0.39 is 35.8 Å². The number of carbonyl (C=O) groups is 4. The van der Waals surface area contributed by atoms with Gasteiger partial charge in [0.2, 0.25) is 17.8 Å². The van der Waals surface area contributed by atoms with Gasteiger partial charge in [-0.1, -0.05) is 11.6 Å². The molecule has 15 nitrogen and oxygen atoms in total. The van der Waals surface area contributed by atoms with Gasteiger partial charge in [0, 0.05) is 82.3 Å². The highest BCUT2D eigenvalue weighted by Crippen LogP contribution is 2.39. The van der Waals surface area contributed by atoms with Crippen molar-refractivity contribution in [3.8, 4) is 11.8 Å². The maximum absolute atomic E-state index is 15.4. The van der Waals surface area contributed by atoms with Gasteiger partial charge < -0.3 is 25.0 Å². The maximum Gasteiger partial charge on any atom is 0.257 e. The summed E-state index contributed by atoms with van der Waals surface area (Å²) in [4.78, 5) is 66.8. The number of nitriles is 1. The molecule has 4 fully saturated rings. The first-order valence-corrected chi connectivity index (χ1v) is 20.3. The largest absolute Gasteiger partial charge is 0.490 e. The van der Waals surface area contributed by atoms with E-state index in [1.165, 1.54) is 6.07 Å². The Hall–Kier alpha value is -5.37. The summed E-state index contributed by atoms with van der Waals surface area (Å²) in [5.74, 6) is -0.738. The summed E-state index contributed by atoms with van der Waals surface area (Å²) in [6.45, 7) is 5.14. The molecule has 58 heavy (non-hydrogen) atoms. The highest BCUT2D eigenvalue weighted by Gasteiger charge is 2.45. The average molecular weight is 814 g/mol. The maximum atomic E-state index is 15.4. The lowest BCUT2D eigenvalue weighted by Gasteiger charge is -2.39. The standard InChI is InChI=1S/C41H45ClFN9O6/c42-32-17-29(4-1-25(32)20-44)58-28-5-2-27(3-6-28)47-37(54)26-21-45-41(46-22-26)51-11-9-24(10-12-51)23-49-13-15-50(16-14-49)35-19-31-30(18-33(35)43)39(56)52(40(31)57)34-7-8-36(53)48-38(34)55/h1,4,17-19,21-22,24,27-28,34,40,57H,2-3,5-16,23H2,(H,47,54)(H,48,53,55). The molecule has 2 unspecified atom stereocenters. The van der Waals surface area contributed by atoms with Gasteiger partial charge in [-0.15, -0.1) is 0 Å². The van der Waals surface area contributed by atoms with Crippen LogP contribution in [0.2, 0.25) is 5.02 Å². The smallest absolute Gasteiger partial charge is 0.257 e. The van der Waals surface area contributed by atoms with E-state index in [1.54, 1.807) is 30.6 Å². The molecule has 2 aromatic carbocycles. The number of piperidine rings is 2. The number of ether oxygens (including phenoxy) is 1. The van der Waals surface area contributed by atoms with E-state index in [-0.39, 0.29) is 42.0 Å². The van der Waals surface area contributed by atoms with Crippen molar-refractivity contribution in [2.45, 2.75) is 75.8 Å². The first-order chi connectivity index (χ1) is 28.0. The normalized spacial score (nSPS) is 24.3. The monoisotopic (exact) mass is 813 g/mol. The van der Waals surface area contributed by atoms with Crippen molar-refractivity contribution in [1.29, 1.82) is 5.26 Å². The van der Waals surface area contributed by atoms with Crippen molar-refractivity contribution < 1.29 is 33.4 Å². The third kappa shape index (κ3) is 8.29. The van der Waals surface area contributed by atoms with Crippen LogP contribution >= 0.6 is 11.6 Å². The minimum absolute atomic E-state index is 0.0109. The van der Waals surface area contributed by atoms with Crippen molar-refractivity contribution in [1.82, 2.24) is 30.4 Å². The molecular weight excluding hydrogens is 769 g/mol. The summed E-state index contributed by atoms with van der Waals surface area (Å²) in [7, 11) is 0. The van der Waals surface area contributed by atoms with Crippen LogP contribution in [0.4, 0.5) is 16.0 Å². The Kier molecular flexibility index (Phi) is 11.5. The second-order valence-electron chi connectivity index (χ2n) is 15.8. The van der Waals surface area contributed by atoms with Crippen LogP contribution in [-0.4, -0.2) is 113 Å². The van der Waals surface area contributed by atoms with Crippen LogP contribution in [0, 0.1) is 23.1 Å².